The highest BCUT2D eigenvalue weighted by molar-refractivity contribution is 6.04. The lowest BCUT2D eigenvalue weighted by atomic mass is 10.0. The second-order valence-corrected chi connectivity index (χ2v) is 4.50. The largest absolute Gasteiger partial charge is 0.497 e. The van der Waals surface area contributed by atoms with Crippen LogP contribution in [-0.2, 0) is 9.47 Å². The van der Waals surface area contributed by atoms with Crippen molar-refractivity contribution in [3.8, 4) is 16.9 Å². The van der Waals surface area contributed by atoms with Crippen LogP contribution < -0.4 is 4.74 Å². The molecule has 23 heavy (non-hydrogen) atoms. The van der Waals surface area contributed by atoms with Crippen molar-refractivity contribution in [3.63, 3.8) is 0 Å². The predicted octanol–water partition coefficient (Wildman–Crippen LogP) is 2.44. The molecule has 1 N–H and O–H groups in total. The molecule has 1 aromatic carbocycles. The number of methoxy groups -OCH3 is 1. The number of hydrogen-bond acceptors (Lipinski definition) is 6. The molecule has 7 heteroatoms. The van der Waals surface area contributed by atoms with Gasteiger partial charge in [-0.1, -0.05) is 12.1 Å². The van der Waals surface area contributed by atoms with Gasteiger partial charge in [0.15, 0.2) is 11.4 Å². The average Bonchev–Trinajstić information content (AvgIpc) is 3.00. The SMILES string of the molecule is CCOC(=O)c1n[nH]c(C(=O)OCC)c1-c1cccc(OC)c1. The summed E-state index contributed by atoms with van der Waals surface area (Å²) in [6, 6.07) is 6.97. The smallest absolute Gasteiger partial charge is 0.359 e. The molecule has 0 atom stereocenters. The standard InChI is InChI=1S/C16H18N2O5/c1-4-22-15(19)13-12(10-7-6-8-11(9-10)21-3)14(18-17-13)16(20)23-5-2/h6-9H,4-5H2,1-3H3,(H,17,18). The monoisotopic (exact) mass is 318 g/mol. The number of aromatic amines is 1. The van der Waals surface area contributed by atoms with Crippen molar-refractivity contribution >= 4 is 11.9 Å². The molecule has 7 nitrogen and oxygen atoms in total. The lowest BCUT2D eigenvalue weighted by molar-refractivity contribution is 0.0513. The minimum Gasteiger partial charge on any atom is -0.497 e. The maximum absolute atomic E-state index is 12.1. The van der Waals surface area contributed by atoms with Gasteiger partial charge in [0.2, 0.25) is 0 Å². The van der Waals surface area contributed by atoms with Gasteiger partial charge in [-0.25, -0.2) is 9.59 Å². The first-order valence-corrected chi connectivity index (χ1v) is 7.19. The van der Waals surface area contributed by atoms with E-state index in [9.17, 15) is 9.59 Å². The minimum atomic E-state index is -0.614. The van der Waals surface area contributed by atoms with Crippen LogP contribution >= 0.6 is 0 Å². The first-order valence-electron chi connectivity index (χ1n) is 7.19. The molecular weight excluding hydrogens is 300 g/mol. The van der Waals surface area contributed by atoms with Crippen molar-refractivity contribution in [2.24, 2.45) is 0 Å². The Balaban J connectivity index is 2.57. The van der Waals surface area contributed by atoms with E-state index in [0.717, 1.165) is 0 Å². The quantitative estimate of drug-likeness (QED) is 0.823. The van der Waals surface area contributed by atoms with Gasteiger partial charge in [-0.2, -0.15) is 5.10 Å². The number of hydrogen-bond donors (Lipinski definition) is 1. The van der Waals surface area contributed by atoms with Gasteiger partial charge in [-0.05, 0) is 31.5 Å². The van der Waals surface area contributed by atoms with Crippen LogP contribution in [0, 0.1) is 0 Å². The molecule has 1 heterocycles. The number of esters is 2. The Morgan fingerprint density at radius 3 is 2.48 bits per heavy atom. The molecule has 2 rings (SSSR count). The summed E-state index contributed by atoms with van der Waals surface area (Å²) in [5.74, 6) is -0.612. The van der Waals surface area contributed by atoms with E-state index in [1.165, 1.54) is 7.11 Å². The Hall–Kier alpha value is -2.83. The van der Waals surface area contributed by atoms with Crippen molar-refractivity contribution in [3.05, 3.63) is 35.7 Å². The van der Waals surface area contributed by atoms with Gasteiger partial charge in [0, 0.05) is 5.56 Å². The highest BCUT2D eigenvalue weighted by Crippen LogP contribution is 2.30. The van der Waals surface area contributed by atoms with E-state index in [4.69, 9.17) is 14.2 Å². The fourth-order valence-electron chi connectivity index (χ4n) is 2.10. The third-order valence-corrected chi connectivity index (χ3v) is 3.07. The van der Waals surface area contributed by atoms with Crippen molar-refractivity contribution in [2.45, 2.75) is 13.8 Å². The number of nitrogens with zero attached hydrogens (tertiary/aromatic N) is 1. The molecule has 0 unspecified atom stereocenters. The molecular formula is C16H18N2O5. The van der Waals surface area contributed by atoms with Crippen LogP contribution in [0.15, 0.2) is 24.3 Å². The normalized spacial score (nSPS) is 10.2. The van der Waals surface area contributed by atoms with E-state index >= 15 is 0 Å². The fourth-order valence-corrected chi connectivity index (χ4v) is 2.10. The van der Waals surface area contributed by atoms with E-state index in [2.05, 4.69) is 10.2 Å². The molecule has 0 aliphatic heterocycles. The van der Waals surface area contributed by atoms with Crippen molar-refractivity contribution in [1.29, 1.82) is 0 Å². The molecule has 0 spiro atoms. The number of carbonyl (C=O) groups is 2. The van der Waals surface area contributed by atoms with E-state index in [0.29, 0.717) is 16.9 Å². The van der Waals surface area contributed by atoms with Gasteiger partial charge in [0.1, 0.15) is 5.75 Å². The summed E-state index contributed by atoms with van der Waals surface area (Å²) in [6.45, 7) is 3.82. The zero-order valence-corrected chi connectivity index (χ0v) is 13.2. The van der Waals surface area contributed by atoms with E-state index in [1.54, 1.807) is 38.1 Å². The second-order valence-electron chi connectivity index (χ2n) is 4.50. The predicted molar refractivity (Wildman–Crippen MR) is 82.5 cm³/mol. The maximum atomic E-state index is 12.1. The summed E-state index contributed by atoms with van der Waals surface area (Å²) < 4.78 is 15.2. The number of ether oxygens (including phenoxy) is 3. The summed E-state index contributed by atoms with van der Waals surface area (Å²) in [5.41, 5.74) is 1.07. The van der Waals surface area contributed by atoms with Crippen LogP contribution in [0.1, 0.15) is 34.8 Å². The molecule has 0 amide bonds. The number of carbonyl (C=O) groups excluding carboxylic acids is 2. The third-order valence-electron chi connectivity index (χ3n) is 3.07. The molecule has 0 saturated heterocycles. The van der Waals surface area contributed by atoms with Gasteiger partial charge < -0.3 is 14.2 Å². The maximum Gasteiger partial charge on any atom is 0.359 e. The molecule has 0 bridgehead atoms. The fraction of sp³-hybridized carbons (Fsp3) is 0.312. The van der Waals surface area contributed by atoms with Crippen molar-refractivity contribution in [1.82, 2.24) is 10.2 Å². The van der Waals surface area contributed by atoms with Crippen molar-refractivity contribution in [2.75, 3.05) is 20.3 Å². The van der Waals surface area contributed by atoms with Gasteiger partial charge in [0.25, 0.3) is 0 Å². The number of rotatable bonds is 6. The van der Waals surface area contributed by atoms with Crippen LogP contribution in [0.2, 0.25) is 0 Å². The highest BCUT2D eigenvalue weighted by atomic mass is 16.5. The zero-order chi connectivity index (χ0) is 16.8. The van der Waals surface area contributed by atoms with Crippen LogP contribution in [0.5, 0.6) is 5.75 Å². The van der Waals surface area contributed by atoms with Gasteiger partial charge in [-0.3, -0.25) is 5.10 Å². The summed E-state index contributed by atoms with van der Waals surface area (Å²) in [4.78, 5) is 24.2. The second kappa shape index (κ2) is 7.44. The number of benzene rings is 1. The molecule has 0 aliphatic carbocycles. The van der Waals surface area contributed by atoms with E-state index in [-0.39, 0.29) is 24.6 Å². The molecule has 0 aliphatic rings. The zero-order valence-electron chi connectivity index (χ0n) is 13.2. The average molecular weight is 318 g/mol. The molecule has 0 saturated carbocycles. The summed E-state index contributed by atoms with van der Waals surface area (Å²) in [7, 11) is 1.53. The lowest BCUT2D eigenvalue weighted by Gasteiger charge is -2.07. The number of H-pyrrole nitrogens is 1. The first kappa shape index (κ1) is 16.5. The molecule has 122 valence electrons. The molecule has 2 aromatic rings. The van der Waals surface area contributed by atoms with E-state index in [1.807, 2.05) is 0 Å². The van der Waals surface area contributed by atoms with E-state index < -0.39 is 11.9 Å². The summed E-state index contributed by atoms with van der Waals surface area (Å²) in [6.07, 6.45) is 0. The van der Waals surface area contributed by atoms with Crippen LogP contribution in [-0.4, -0.2) is 42.5 Å². The lowest BCUT2D eigenvalue weighted by Crippen LogP contribution is -2.09. The summed E-state index contributed by atoms with van der Waals surface area (Å²) >= 11 is 0. The molecule has 0 fully saturated rings. The minimum absolute atomic E-state index is 0.0307. The molecule has 0 radical (unpaired) electrons. The van der Waals surface area contributed by atoms with Gasteiger partial charge in [-0.15, -0.1) is 0 Å². The number of nitrogens with one attached hydrogen (secondary N) is 1. The third kappa shape index (κ3) is 3.50. The highest BCUT2D eigenvalue weighted by Gasteiger charge is 2.26. The Kier molecular flexibility index (Phi) is 5.35. The Morgan fingerprint density at radius 2 is 1.83 bits per heavy atom. The van der Waals surface area contributed by atoms with Gasteiger partial charge >= 0.3 is 11.9 Å². The Morgan fingerprint density at radius 1 is 1.13 bits per heavy atom. The Labute approximate surface area is 133 Å². The molecule has 1 aromatic heterocycles. The summed E-state index contributed by atoms with van der Waals surface area (Å²) in [5, 5.41) is 6.50. The first-order chi connectivity index (χ1) is 11.1. The van der Waals surface area contributed by atoms with Crippen molar-refractivity contribution < 1.29 is 23.8 Å². The Bertz CT molecular complexity index is 673. The van der Waals surface area contributed by atoms with Crippen LogP contribution in [0.3, 0.4) is 0 Å². The number of aromatic nitrogens is 2. The van der Waals surface area contributed by atoms with Gasteiger partial charge in [0.05, 0.1) is 20.3 Å². The van der Waals surface area contributed by atoms with Crippen LogP contribution in [0.25, 0.3) is 11.1 Å². The van der Waals surface area contributed by atoms with Crippen LogP contribution in [0.4, 0.5) is 0 Å². The topological polar surface area (TPSA) is 90.5 Å².